The zero-order valence-corrected chi connectivity index (χ0v) is 12.6. The van der Waals surface area contributed by atoms with Crippen LogP contribution in [0.2, 0.25) is 10.0 Å². The highest BCUT2D eigenvalue weighted by Gasteiger charge is 2.38. The molecule has 2 rings (SSSR count). The lowest BCUT2D eigenvalue weighted by atomic mass is 10.1. The van der Waals surface area contributed by atoms with Crippen LogP contribution in [0.3, 0.4) is 0 Å². The molecule has 0 radical (unpaired) electrons. The summed E-state index contributed by atoms with van der Waals surface area (Å²) in [4.78, 5) is 23.7. The van der Waals surface area contributed by atoms with E-state index in [0.717, 1.165) is 5.56 Å². The number of ether oxygens (including phenoxy) is 2. The first kappa shape index (κ1) is 14.9. The zero-order chi connectivity index (χ0) is 15.1. The zero-order valence-electron chi connectivity index (χ0n) is 11.1. The first-order chi connectivity index (χ1) is 9.19. The molecule has 1 aromatic rings. The fourth-order valence-corrected chi connectivity index (χ4v) is 2.24. The number of carbonyl (C=O) groups excluding carboxylic acids is 2. The largest absolute Gasteiger partial charge is 0.419 e. The second-order valence-corrected chi connectivity index (χ2v) is 5.68. The monoisotopic (exact) mass is 314 g/mol. The Morgan fingerprint density at radius 3 is 2.20 bits per heavy atom. The highest BCUT2D eigenvalue weighted by atomic mass is 35.5. The predicted molar refractivity (Wildman–Crippen MR) is 75.4 cm³/mol. The molecule has 0 spiro atoms. The molecular formula is C14H12Cl2O4. The van der Waals surface area contributed by atoms with Gasteiger partial charge in [-0.1, -0.05) is 23.2 Å². The number of benzene rings is 1. The lowest BCUT2D eigenvalue weighted by Gasteiger charge is -2.29. The van der Waals surface area contributed by atoms with E-state index in [1.165, 1.54) is 19.9 Å². The van der Waals surface area contributed by atoms with Crippen molar-refractivity contribution in [2.24, 2.45) is 0 Å². The lowest BCUT2D eigenvalue weighted by molar-refractivity contribution is -0.222. The Morgan fingerprint density at radius 2 is 1.65 bits per heavy atom. The van der Waals surface area contributed by atoms with Gasteiger partial charge in [0.15, 0.2) is 0 Å². The third kappa shape index (κ3) is 2.97. The minimum Gasteiger partial charge on any atom is -0.419 e. The van der Waals surface area contributed by atoms with Crippen LogP contribution in [0, 0.1) is 6.92 Å². The molecule has 0 aliphatic carbocycles. The van der Waals surface area contributed by atoms with Crippen LogP contribution in [0.25, 0.3) is 6.08 Å². The molecule has 0 saturated carbocycles. The van der Waals surface area contributed by atoms with Gasteiger partial charge in [-0.25, -0.2) is 9.59 Å². The summed E-state index contributed by atoms with van der Waals surface area (Å²) >= 11 is 12.1. The molecule has 1 fully saturated rings. The van der Waals surface area contributed by atoms with Crippen molar-refractivity contribution >= 4 is 41.2 Å². The third-order valence-corrected chi connectivity index (χ3v) is 3.40. The molecule has 20 heavy (non-hydrogen) atoms. The molecule has 4 nitrogen and oxygen atoms in total. The number of cyclic esters (lactones) is 2. The number of halogens is 2. The standard InChI is InChI=1S/C14H12Cl2O4/c1-7-4-9(15)5-8(11(7)16)6-10-12(17)19-14(2,3)20-13(10)18/h4-6H,1-3H3. The Hall–Kier alpha value is -1.52. The molecule has 0 atom stereocenters. The second kappa shape index (κ2) is 5.11. The van der Waals surface area contributed by atoms with Crippen LogP contribution >= 0.6 is 23.2 Å². The van der Waals surface area contributed by atoms with Gasteiger partial charge in [0.25, 0.3) is 5.79 Å². The summed E-state index contributed by atoms with van der Waals surface area (Å²) in [6.45, 7) is 4.74. The number of hydrogen-bond donors (Lipinski definition) is 0. The average Bonchev–Trinajstić information content (AvgIpc) is 2.28. The van der Waals surface area contributed by atoms with Crippen LogP contribution in [0.5, 0.6) is 0 Å². The Labute approximate surface area is 126 Å². The number of hydrogen-bond acceptors (Lipinski definition) is 4. The summed E-state index contributed by atoms with van der Waals surface area (Å²) in [7, 11) is 0. The molecule has 1 heterocycles. The van der Waals surface area contributed by atoms with Gasteiger partial charge < -0.3 is 9.47 Å². The van der Waals surface area contributed by atoms with Gasteiger partial charge in [-0.15, -0.1) is 0 Å². The van der Waals surface area contributed by atoms with Crippen molar-refractivity contribution in [3.8, 4) is 0 Å². The van der Waals surface area contributed by atoms with Crippen LogP contribution < -0.4 is 0 Å². The quantitative estimate of drug-likeness (QED) is 0.452. The predicted octanol–water partition coefficient (Wildman–Crippen LogP) is 3.52. The van der Waals surface area contributed by atoms with E-state index in [4.69, 9.17) is 32.7 Å². The van der Waals surface area contributed by atoms with Gasteiger partial charge in [-0.05, 0) is 36.3 Å². The van der Waals surface area contributed by atoms with E-state index in [1.807, 2.05) is 0 Å². The summed E-state index contributed by atoms with van der Waals surface area (Å²) < 4.78 is 10.0. The fourth-order valence-electron chi connectivity index (χ4n) is 1.79. The Kier molecular flexibility index (Phi) is 3.80. The van der Waals surface area contributed by atoms with Gasteiger partial charge in [0.05, 0.1) is 5.02 Å². The van der Waals surface area contributed by atoms with Crippen molar-refractivity contribution in [1.82, 2.24) is 0 Å². The molecule has 1 aliphatic heterocycles. The molecule has 6 heteroatoms. The van der Waals surface area contributed by atoms with Crippen molar-refractivity contribution in [3.05, 3.63) is 38.9 Å². The van der Waals surface area contributed by atoms with E-state index in [9.17, 15) is 9.59 Å². The summed E-state index contributed by atoms with van der Waals surface area (Å²) in [6.07, 6.45) is 1.32. The van der Waals surface area contributed by atoms with Gasteiger partial charge in [0.1, 0.15) is 5.57 Å². The summed E-state index contributed by atoms with van der Waals surface area (Å²) in [5, 5.41) is 0.865. The maximum absolute atomic E-state index is 11.8. The van der Waals surface area contributed by atoms with Crippen LogP contribution in [-0.4, -0.2) is 17.7 Å². The number of esters is 2. The molecule has 0 bridgehead atoms. The van der Waals surface area contributed by atoms with Crippen molar-refractivity contribution in [1.29, 1.82) is 0 Å². The van der Waals surface area contributed by atoms with Crippen molar-refractivity contribution < 1.29 is 19.1 Å². The molecule has 0 amide bonds. The van der Waals surface area contributed by atoms with Crippen molar-refractivity contribution in [2.75, 3.05) is 0 Å². The number of aryl methyl sites for hydroxylation is 1. The third-order valence-electron chi connectivity index (χ3n) is 2.66. The Morgan fingerprint density at radius 1 is 1.10 bits per heavy atom. The van der Waals surface area contributed by atoms with E-state index in [1.54, 1.807) is 19.1 Å². The number of rotatable bonds is 1. The molecule has 1 saturated heterocycles. The van der Waals surface area contributed by atoms with Gasteiger partial charge in [-0.2, -0.15) is 0 Å². The van der Waals surface area contributed by atoms with E-state index in [2.05, 4.69) is 0 Å². The minimum atomic E-state index is -1.26. The number of carbonyl (C=O) groups is 2. The van der Waals surface area contributed by atoms with Crippen molar-refractivity contribution in [2.45, 2.75) is 26.6 Å². The summed E-state index contributed by atoms with van der Waals surface area (Å²) in [6, 6.07) is 3.25. The average molecular weight is 315 g/mol. The first-order valence-corrected chi connectivity index (χ1v) is 6.59. The van der Waals surface area contributed by atoms with E-state index in [-0.39, 0.29) is 5.57 Å². The molecular weight excluding hydrogens is 303 g/mol. The molecule has 1 aliphatic rings. The summed E-state index contributed by atoms with van der Waals surface area (Å²) in [5.74, 6) is -2.76. The second-order valence-electron chi connectivity index (χ2n) is 4.86. The normalized spacial score (nSPS) is 17.6. The summed E-state index contributed by atoms with van der Waals surface area (Å²) in [5.41, 5.74) is 0.983. The van der Waals surface area contributed by atoms with Crippen molar-refractivity contribution in [3.63, 3.8) is 0 Å². The molecule has 0 N–H and O–H groups in total. The van der Waals surface area contributed by atoms with E-state index < -0.39 is 17.7 Å². The van der Waals surface area contributed by atoms with Gasteiger partial charge >= 0.3 is 11.9 Å². The Balaban J connectivity index is 2.46. The van der Waals surface area contributed by atoms with Crippen LogP contribution in [0.1, 0.15) is 25.0 Å². The van der Waals surface area contributed by atoms with E-state index >= 15 is 0 Å². The highest BCUT2D eigenvalue weighted by Crippen LogP contribution is 2.29. The van der Waals surface area contributed by atoms with Gasteiger partial charge in [0.2, 0.25) is 0 Å². The maximum atomic E-state index is 11.8. The lowest BCUT2D eigenvalue weighted by Crippen LogP contribution is -2.41. The van der Waals surface area contributed by atoms with Crippen LogP contribution in [0.4, 0.5) is 0 Å². The van der Waals surface area contributed by atoms with Crippen LogP contribution in [0.15, 0.2) is 17.7 Å². The van der Waals surface area contributed by atoms with Gasteiger partial charge in [-0.3, -0.25) is 0 Å². The SMILES string of the molecule is Cc1cc(Cl)cc(C=C2C(=O)OC(C)(C)OC2=O)c1Cl. The fraction of sp³-hybridized carbons (Fsp3) is 0.286. The van der Waals surface area contributed by atoms with Crippen LogP contribution in [-0.2, 0) is 19.1 Å². The minimum absolute atomic E-state index is 0.215. The first-order valence-electron chi connectivity index (χ1n) is 5.83. The van der Waals surface area contributed by atoms with E-state index in [0.29, 0.717) is 15.6 Å². The molecule has 0 unspecified atom stereocenters. The highest BCUT2D eigenvalue weighted by molar-refractivity contribution is 6.35. The molecule has 0 aromatic heterocycles. The topological polar surface area (TPSA) is 52.6 Å². The Bertz CT molecular complexity index is 610. The maximum Gasteiger partial charge on any atom is 0.348 e. The van der Waals surface area contributed by atoms with Gasteiger partial charge in [0, 0.05) is 18.9 Å². The molecule has 1 aromatic carbocycles. The molecule has 106 valence electrons. The smallest absolute Gasteiger partial charge is 0.348 e.